The van der Waals surface area contributed by atoms with Gasteiger partial charge in [0.05, 0.1) is 12.1 Å². The first kappa shape index (κ1) is 17.2. The molecule has 0 fully saturated rings. The normalized spacial score (nSPS) is 13.9. The largest absolute Gasteiger partial charge is 0.346 e. The Hall–Kier alpha value is -3.22. The lowest BCUT2D eigenvalue weighted by molar-refractivity contribution is 0.0758. The summed E-state index contributed by atoms with van der Waals surface area (Å²) in [7, 11) is 0. The van der Waals surface area contributed by atoms with E-state index in [4.69, 9.17) is 0 Å². The van der Waals surface area contributed by atoms with E-state index in [0.29, 0.717) is 38.2 Å². The highest BCUT2D eigenvalue weighted by atomic mass is 16.2. The fraction of sp³-hybridized carbons (Fsp3) is 0.300. The minimum Gasteiger partial charge on any atom is -0.336 e. The number of benzene rings is 1. The van der Waals surface area contributed by atoms with Gasteiger partial charge in [-0.25, -0.2) is 9.48 Å². The van der Waals surface area contributed by atoms with Crippen molar-refractivity contribution in [1.29, 1.82) is 0 Å². The van der Waals surface area contributed by atoms with Crippen molar-refractivity contribution in [3.63, 3.8) is 0 Å². The number of nitrogens with zero attached hydrogens (tertiary/aromatic N) is 5. The van der Waals surface area contributed by atoms with Crippen LogP contribution in [-0.4, -0.2) is 43.2 Å². The van der Waals surface area contributed by atoms with Crippen LogP contribution in [0.2, 0.25) is 0 Å². The molecule has 0 saturated carbocycles. The highest BCUT2D eigenvalue weighted by Gasteiger charge is 2.23. The number of hydrogen-bond donors (Lipinski definition) is 0. The monoisotopic (exact) mass is 363 g/mol. The van der Waals surface area contributed by atoms with Gasteiger partial charge in [-0.3, -0.25) is 14.3 Å². The van der Waals surface area contributed by atoms with E-state index < -0.39 is 0 Å². The number of amides is 1. The van der Waals surface area contributed by atoms with E-state index in [-0.39, 0.29) is 11.6 Å². The van der Waals surface area contributed by atoms with E-state index >= 15 is 0 Å². The molecule has 138 valence electrons. The highest BCUT2D eigenvalue weighted by Crippen LogP contribution is 2.10. The predicted molar refractivity (Wildman–Crippen MR) is 101 cm³/mol. The van der Waals surface area contributed by atoms with E-state index in [0.717, 1.165) is 17.1 Å². The molecule has 0 spiro atoms. The topological polar surface area (TPSA) is 73.0 Å². The highest BCUT2D eigenvalue weighted by molar-refractivity contribution is 5.93. The molecular formula is C20H21N5O2. The summed E-state index contributed by atoms with van der Waals surface area (Å²) in [6.45, 7) is 3.82. The van der Waals surface area contributed by atoms with Crippen LogP contribution >= 0.6 is 0 Å². The SMILES string of the molecule is Cc1ccc(C(=O)N2CCc3nn(Cc4ccccc4)c(=O)n3CC2)cn1. The van der Waals surface area contributed by atoms with Crippen molar-refractivity contribution in [3.05, 3.63) is 81.8 Å². The minimum atomic E-state index is -0.125. The average molecular weight is 363 g/mol. The van der Waals surface area contributed by atoms with Crippen LogP contribution < -0.4 is 5.69 Å². The molecule has 0 aliphatic carbocycles. The molecule has 4 rings (SSSR count). The molecule has 1 aliphatic heterocycles. The van der Waals surface area contributed by atoms with Crippen molar-refractivity contribution < 1.29 is 4.79 Å². The number of aryl methyl sites for hydroxylation is 1. The third-order valence-electron chi connectivity index (χ3n) is 4.82. The van der Waals surface area contributed by atoms with Crippen molar-refractivity contribution in [3.8, 4) is 0 Å². The number of rotatable bonds is 3. The average Bonchev–Trinajstić information content (AvgIpc) is 2.85. The van der Waals surface area contributed by atoms with Gasteiger partial charge in [0.15, 0.2) is 0 Å². The van der Waals surface area contributed by atoms with Crippen molar-refractivity contribution in [2.24, 2.45) is 0 Å². The molecule has 1 aromatic carbocycles. The Balaban J connectivity index is 1.50. The van der Waals surface area contributed by atoms with Crippen LogP contribution in [0, 0.1) is 6.92 Å². The molecule has 0 saturated heterocycles. The van der Waals surface area contributed by atoms with Crippen molar-refractivity contribution >= 4 is 5.91 Å². The summed E-state index contributed by atoms with van der Waals surface area (Å²) in [5.41, 5.74) is 2.36. The number of hydrogen-bond acceptors (Lipinski definition) is 4. The molecule has 2 aromatic heterocycles. The van der Waals surface area contributed by atoms with Crippen LogP contribution in [0.3, 0.4) is 0 Å². The third-order valence-corrected chi connectivity index (χ3v) is 4.82. The molecular weight excluding hydrogens is 342 g/mol. The van der Waals surface area contributed by atoms with Gasteiger partial charge in [0.25, 0.3) is 5.91 Å². The smallest absolute Gasteiger partial charge is 0.336 e. The van der Waals surface area contributed by atoms with E-state index in [1.807, 2.05) is 43.3 Å². The van der Waals surface area contributed by atoms with E-state index in [1.54, 1.807) is 21.7 Å². The predicted octanol–water partition coefficient (Wildman–Crippen LogP) is 1.50. The van der Waals surface area contributed by atoms with Gasteiger partial charge in [-0.1, -0.05) is 30.3 Å². The lowest BCUT2D eigenvalue weighted by atomic mass is 10.2. The van der Waals surface area contributed by atoms with Crippen molar-refractivity contribution in [2.75, 3.05) is 13.1 Å². The van der Waals surface area contributed by atoms with Crippen molar-refractivity contribution in [2.45, 2.75) is 26.4 Å². The molecule has 7 nitrogen and oxygen atoms in total. The number of carbonyl (C=O) groups excluding carboxylic acids is 1. The molecule has 0 radical (unpaired) electrons. The summed E-state index contributed by atoms with van der Waals surface area (Å²) in [4.78, 5) is 31.4. The van der Waals surface area contributed by atoms with Crippen LogP contribution in [0.4, 0.5) is 0 Å². The molecule has 0 atom stereocenters. The van der Waals surface area contributed by atoms with Crippen LogP contribution in [0.15, 0.2) is 53.5 Å². The number of fused-ring (bicyclic) bond motifs is 1. The second kappa shape index (κ2) is 7.19. The van der Waals surface area contributed by atoms with Crippen LogP contribution in [0.1, 0.15) is 27.4 Å². The fourth-order valence-corrected chi connectivity index (χ4v) is 3.30. The maximum absolute atomic E-state index is 12.7. The van der Waals surface area contributed by atoms with Gasteiger partial charge in [0.1, 0.15) is 5.82 Å². The first-order valence-electron chi connectivity index (χ1n) is 9.04. The molecule has 7 heteroatoms. The van der Waals surface area contributed by atoms with Crippen LogP contribution in [0.25, 0.3) is 0 Å². The molecule has 0 N–H and O–H groups in total. The Morgan fingerprint density at radius 1 is 1.07 bits per heavy atom. The minimum absolute atomic E-state index is 0.0575. The Labute approximate surface area is 156 Å². The maximum Gasteiger partial charge on any atom is 0.346 e. The zero-order valence-corrected chi connectivity index (χ0v) is 15.2. The van der Waals surface area contributed by atoms with Crippen LogP contribution in [0.5, 0.6) is 0 Å². The molecule has 0 bridgehead atoms. The standard InChI is InChI=1S/C20H21N5O2/c1-15-7-8-17(13-21-15)19(26)23-10-9-18-22-25(20(27)24(18)12-11-23)14-16-5-3-2-4-6-16/h2-8,13H,9-12,14H2,1H3. The van der Waals surface area contributed by atoms with Gasteiger partial charge < -0.3 is 4.90 Å². The molecule has 1 amide bonds. The summed E-state index contributed by atoms with van der Waals surface area (Å²) in [5, 5.41) is 4.50. The zero-order valence-electron chi connectivity index (χ0n) is 15.2. The second-order valence-electron chi connectivity index (χ2n) is 6.72. The first-order valence-corrected chi connectivity index (χ1v) is 9.04. The molecule has 0 unspecified atom stereocenters. The zero-order chi connectivity index (χ0) is 18.8. The molecule has 3 aromatic rings. The van der Waals surface area contributed by atoms with E-state index in [1.165, 1.54) is 4.68 Å². The van der Waals surface area contributed by atoms with Gasteiger partial charge in [0.2, 0.25) is 0 Å². The number of aromatic nitrogens is 4. The lowest BCUT2D eigenvalue weighted by Gasteiger charge is -2.19. The molecule has 27 heavy (non-hydrogen) atoms. The van der Waals surface area contributed by atoms with E-state index in [2.05, 4.69) is 10.1 Å². The summed E-state index contributed by atoms with van der Waals surface area (Å²) >= 11 is 0. The van der Waals surface area contributed by atoms with Crippen LogP contribution in [-0.2, 0) is 19.5 Å². The van der Waals surface area contributed by atoms with Gasteiger partial charge in [0, 0.05) is 37.9 Å². The summed E-state index contributed by atoms with van der Waals surface area (Å²) in [6.07, 6.45) is 2.16. The third kappa shape index (κ3) is 3.53. The van der Waals surface area contributed by atoms with Crippen molar-refractivity contribution in [1.82, 2.24) is 24.2 Å². The van der Waals surface area contributed by atoms with Gasteiger partial charge in [-0.15, -0.1) is 0 Å². The Kier molecular flexibility index (Phi) is 4.58. The first-order chi connectivity index (χ1) is 13.1. The lowest BCUT2D eigenvalue weighted by Crippen LogP contribution is -2.35. The fourth-order valence-electron chi connectivity index (χ4n) is 3.30. The number of carbonyl (C=O) groups is 1. The summed E-state index contributed by atoms with van der Waals surface area (Å²) < 4.78 is 3.19. The molecule has 3 heterocycles. The second-order valence-corrected chi connectivity index (χ2v) is 6.72. The van der Waals surface area contributed by atoms with E-state index in [9.17, 15) is 9.59 Å². The summed E-state index contributed by atoms with van der Waals surface area (Å²) in [6, 6.07) is 13.4. The quantitative estimate of drug-likeness (QED) is 0.707. The Morgan fingerprint density at radius 2 is 1.89 bits per heavy atom. The summed E-state index contributed by atoms with van der Waals surface area (Å²) in [5.74, 6) is 0.672. The molecule has 1 aliphatic rings. The Morgan fingerprint density at radius 3 is 2.63 bits per heavy atom. The van der Waals surface area contributed by atoms with Gasteiger partial charge >= 0.3 is 5.69 Å². The van der Waals surface area contributed by atoms with Gasteiger partial charge in [-0.05, 0) is 24.6 Å². The maximum atomic E-state index is 12.7. The number of pyridine rings is 1. The Bertz CT molecular complexity index is 1010. The van der Waals surface area contributed by atoms with Gasteiger partial charge in [-0.2, -0.15) is 5.10 Å².